The SMILES string of the molecule is COc1ccc(N2C(=O)N[C@H](CCC(=O)NCCc3ccco3)C2=O)cc1. The van der Waals surface area contributed by atoms with Crippen molar-refractivity contribution >= 4 is 23.5 Å². The molecular formula is C19H21N3O5. The van der Waals surface area contributed by atoms with Gasteiger partial charge in [0.15, 0.2) is 0 Å². The van der Waals surface area contributed by atoms with Crippen molar-refractivity contribution in [3.05, 3.63) is 48.4 Å². The van der Waals surface area contributed by atoms with Crippen LogP contribution in [-0.4, -0.2) is 37.5 Å². The number of benzene rings is 1. The van der Waals surface area contributed by atoms with Crippen LogP contribution in [0, 0.1) is 0 Å². The lowest BCUT2D eigenvalue weighted by molar-refractivity contribution is -0.121. The minimum absolute atomic E-state index is 0.144. The van der Waals surface area contributed by atoms with Crippen molar-refractivity contribution in [2.75, 3.05) is 18.6 Å². The molecule has 2 N–H and O–H groups in total. The molecule has 1 fully saturated rings. The molecule has 1 aliphatic heterocycles. The van der Waals surface area contributed by atoms with E-state index in [0.29, 0.717) is 24.4 Å². The lowest BCUT2D eigenvalue weighted by Crippen LogP contribution is -2.33. The first kappa shape index (κ1) is 18.5. The van der Waals surface area contributed by atoms with Crippen molar-refractivity contribution in [1.29, 1.82) is 0 Å². The Bertz CT molecular complexity index is 801. The second-order valence-corrected chi connectivity index (χ2v) is 6.09. The number of urea groups is 1. The summed E-state index contributed by atoms with van der Waals surface area (Å²) in [5.74, 6) is 0.886. The van der Waals surface area contributed by atoms with Gasteiger partial charge >= 0.3 is 6.03 Å². The van der Waals surface area contributed by atoms with Crippen molar-refractivity contribution < 1.29 is 23.5 Å². The highest BCUT2D eigenvalue weighted by molar-refractivity contribution is 6.21. The predicted molar refractivity (Wildman–Crippen MR) is 97.5 cm³/mol. The Balaban J connectivity index is 1.48. The van der Waals surface area contributed by atoms with Crippen LogP contribution in [0.1, 0.15) is 18.6 Å². The van der Waals surface area contributed by atoms with Crippen LogP contribution < -0.4 is 20.3 Å². The van der Waals surface area contributed by atoms with Crippen LogP contribution in [0.3, 0.4) is 0 Å². The van der Waals surface area contributed by atoms with Crippen LogP contribution in [0.15, 0.2) is 47.1 Å². The van der Waals surface area contributed by atoms with Crippen molar-refractivity contribution in [2.24, 2.45) is 0 Å². The Morgan fingerprint density at radius 2 is 2.04 bits per heavy atom. The molecule has 1 saturated heterocycles. The van der Waals surface area contributed by atoms with E-state index in [9.17, 15) is 14.4 Å². The fourth-order valence-electron chi connectivity index (χ4n) is 2.85. The number of furan rings is 1. The van der Waals surface area contributed by atoms with E-state index in [2.05, 4.69) is 10.6 Å². The van der Waals surface area contributed by atoms with Gasteiger partial charge in [-0.1, -0.05) is 0 Å². The smallest absolute Gasteiger partial charge is 0.329 e. The number of nitrogens with one attached hydrogen (secondary N) is 2. The highest BCUT2D eigenvalue weighted by atomic mass is 16.5. The predicted octanol–water partition coefficient (Wildman–Crippen LogP) is 1.85. The van der Waals surface area contributed by atoms with Gasteiger partial charge in [-0.2, -0.15) is 0 Å². The van der Waals surface area contributed by atoms with Gasteiger partial charge in [-0.15, -0.1) is 0 Å². The number of ether oxygens (including phenoxy) is 1. The quantitative estimate of drug-likeness (QED) is 0.690. The summed E-state index contributed by atoms with van der Waals surface area (Å²) in [6.45, 7) is 0.454. The molecule has 8 heteroatoms. The molecule has 0 aliphatic carbocycles. The van der Waals surface area contributed by atoms with Gasteiger partial charge in [0.05, 0.1) is 19.1 Å². The van der Waals surface area contributed by atoms with Crippen LogP contribution in [0.2, 0.25) is 0 Å². The summed E-state index contributed by atoms with van der Waals surface area (Å²) in [5.41, 5.74) is 0.462. The maximum Gasteiger partial charge on any atom is 0.329 e. The molecule has 0 saturated carbocycles. The monoisotopic (exact) mass is 371 g/mol. The average Bonchev–Trinajstić information content (AvgIpc) is 3.28. The number of imide groups is 1. The minimum atomic E-state index is -0.713. The first-order valence-corrected chi connectivity index (χ1v) is 8.66. The number of hydrogen-bond acceptors (Lipinski definition) is 5. The summed E-state index contributed by atoms with van der Waals surface area (Å²) in [7, 11) is 1.54. The Labute approximate surface area is 156 Å². The van der Waals surface area contributed by atoms with Crippen LogP contribution in [0.4, 0.5) is 10.5 Å². The van der Waals surface area contributed by atoms with Gasteiger partial charge in [0.1, 0.15) is 17.6 Å². The van der Waals surface area contributed by atoms with E-state index in [0.717, 1.165) is 10.7 Å². The molecular weight excluding hydrogens is 350 g/mol. The van der Waals surface area contributed by atoms with Gasteiger partial charge in [-0.05, 0) is 42.8 Å². The van der Waals surface area contributed by atoms with Gasteiger partial charge in [-0.25, -0.2) is 9.69 Å². The first-order chi connectivity index (χ1) is 13.1. The molecule has 0 unspecified atom stereocenters. The molecule has 3 rings (SSSR count). The third kappa shape index (κ3) is 4.46. The van der Waals surface area contributed by atoms with Crippen LogP contribution in [-0.2, 0) is 16.0 Å². The number of methoxy groups -OCH3 is 1. The Morgan fingerprint density at radius 1 is 1.26 bits per heavy atom. The number of rotatable bonds is 8. The average molecular weight is 371 g/mol. The summed E-state index contributed by atoms with van der Waals surface area (Å²) >= 11 is 0. The fraction of sp³-hybridized carbons (Fsp3) is 0.316. The standard InChI is InChI=1S/C19H21N3O5/c1-26-14-6-4-13(5-7-14)22-18(24)16(21-19(22)25)8-9-17(23)20-11-10-15-3-2-12-27-15/h2-7,12,16H,8-11H2,1H3,(H,20,23)(H,21,25)/t16-/m1/s1. The Kier molecular flexibility index (Phi) is 5.75. The summed E-state index contributed by atoms with van der Waals surface area (Å²) in [5, 5.41) is 5.40. The summed E-state index contributed by atoms with van der Waals surface area (Å²) in [4.78, 5) is 37.7. The lowest BCUT2D eigenvalue weighted by atomic mass is 10.1. The van der Waals surface area contributed by atoms with Crippen LogP contribution >= 0.6 is 0 Å². The van der Waals surface area contributed by atoms with Gasteiger partial charge < -0.3 is 19.8 Å². The number of amides is 4. The van der Waals surface area contributed by atoms with E-state index < -0.39 is 12.1 Å². The summed E-state index contributed by atoms with van der Waals surface area (Å²) < 4.78 is 10.3. The maximum absolute atomic E-state index is 12.5. The van der Waals surface area contributed by atoms with Crippen molar-refractivity contribution in [3.8, 4) is 5.75 Å². The first-order valence-electron chi connectivity index (χ1n) is 8.66. The second kappa shape index (κ2) is 8.39. The van der Waals surface area contributed by atoms with Crippen LogP contribution in [0.25, 0.3) is 0 Å². The van der Waals surface area contributed by atoms with E-state index in [1.54, 1.807) is 43.7 Å². The number of carbonyl (C=O) groups is 3. The zero-order valence-corrected chi connectivity index (χ0v) is 14.9. The van der Waals surface area contributed by atoms with E-state index in [1.165, 1.54) is 0 Å². The number of anilines is 1. The van der Waals surface area contributed by atoms with Gasteiger partial charge in [0.2, 0.25) is 5.91 Å². The Morgan fingerprint density at radius 3 is 2.70 bits per heavy atom. The highest BCUT2D eigenvalue weighted by Crippen LogP contribution is 2.23. The van der Waals surface area contributed by atoms with Crippen molar-refractivity contribution in [3.63, 3.8) is 0 Å². The maximum atomic E-state index is 12.5. The molecule has 4 amide bonds. The Hall–Kier alpha value is -3.29. The molecule has 1 atom stereocenters. The van der Waals surface area contributed by atoms with E-state index in [-0.39, 0.29) is 24.7 Å². The second-order valence-electron chi connectivity index (χ2n) is 6.09. The zero-order chi connectivity index (χ0) is 19.2. The van der Waals surface area contributed by atoms with E-state index in [1.807, 2.05) is 6.07 Å². The zero-order valence-electron chi connectivity index (χ0n) is 14.9. The van der Waals surface area contributed by atoms with Crippen LogP contribution in [0.5, 0.6) is 5.75 Å². The molecule has 1 aromatic heterocycles. The normalized spacial score (nSPS) is 16.3. The molecule has 2 heterocycles. The molecule has 27 heavy (non-hydrogen) atoms. The number of hydrogen-bond donors (Lipinski definition) is 2. The number of nitrogens with zero attached hydrogens (tertiary/aromatic N) is 1. The van der Waals surface area contributed by atoms with Crippen molar-refractivity contribution in [2.45, 2.75) is 25.3 Å². The number of carbonyl (C=O) groups excluding carboxylic acids is 3. The van der Waals surface area contributed by atoms with Gasteiger partial charge in [0.25, 0.3) is 5.91 Å². The third-order valence-electron chi connectivity index (χ3n) is 4.28. The topological polar surface area (TPSA) is 101 Å². The molecule has 1 aliphatic rings. The molecule has 142 valence electrons. The van der Waals surface area contributed by atoms with Gasteiger partial charge in [0, 0.05) is 19.4 Å². The largest absolute Gasteiger partial charge is 0.497 e. The summed E-state index contributed by atoms with van der Waals surface area (Å²) in [6, 6.07) is 9.06. The van der Waals surface area contributed by atoms with Gasteiger partial charge in [-0.3, -0.25) is 9.59 Å². The van der Waals surface area contributed by atoms with Crippen molar-refractivity contribution in [1.82, 2.24) is 10.6 Å². The fourth-order valence-corrected chi connectivity index (χ4v) is 2.85. The highest BCUT2D eigenvalue weighted by Gasteiger charge is 2.38. The summed E-state index contributed by atoms with van der Waals surface area (Å²) in [6.07, 6.45) is 2.57. The molecule has 0 spiro atoms. The molecule has 8 nitrogen and oxygen atoms in total. The molecule has 0 radical (unpaired) electrons. The molecule has 1 aromatic carbocycles. The third-order valence-corrected chi connectivity index (χ3v) is 4.28. The lowest BCUT2D eigenvalue weighted by Gasteiger charge is -2.13. The molecule has 2 aromatic rings. The molecule has 0 bridgehead atoms. The van der Waals surface area contributed by atoms with E-state index >= 15 is 0 Å². The minimum Gasteiger partial charge on any atom is -0.497 e. The van der Waals surface area contributed by atoms with E-state index in [4.69, 9.17) is 9.15 Å².